The average molecular weight is 419 g/mol. The fourth-order valence-corrected chi connectivity index (χ4v) is 4.74. The Morgan fingerprint density at radius 2 is 1.69 bits per heavy atom. The van der Waals surface area contributed by atoms with Crippen molar-refractivity contribution in [1.82, 2.24) is 9.62 Å². The first kappa shape index (κ1) is 21.1. The van der Waals surface area contributed by atoms with Crippen LogP contribution in [-0.2, 0) is 21.2 Å². The number of nitrogens with zero attached hydrogens (tertiary/aromatic N) is 1. The Hall–Kier alpha value is -2.58. The van der Waals surface area contributed by atoms with Crippen LogP contribution in [0, 0.1) is 0 Å². The van der Waals surface area contributed by atoms with Gasteiger partial charge in [0.15, 0.2) is 11.5 Å². The number of carbonyl (C=O) groups is 1. The molecular weight excluding hydrogens is 392 g/mol. The average Bonchev–Trinajstić information content (AvgIpc) is 2.74. The Kier molecular flexibility index (Phi) is 6.76. The molecule has 1 fully saturated rings. The van der Waals surface area contributed by atoms with Crippen molar-refractivity contribution in [1.29, 1.82) is 0 Å². The Morgan fingerprint density at radius 1 is 1.03 bits per heavy atom. The second-order valence-corrected chi connectivity index (χ2v) is 8.67. The lowest BCUT2D eigenvalue weighted by atomic mass is 10.0. The number of rotatable bonds is 7. The Balaban J connectivity index is 1.55. The zero-order chi connectivity index (χ0) is 20.9. The number of carbonyl (C=O) groups excluding carboxylic acids is 1. The third-order valence-corrected chi connectivity index (χ3v) is 6.56. The lowest BCUT2D eigenvalue weighted by molar-refractivity contribution is -0.131. The third kappa shape index (κ3) is 5.27. The number of ether oxygens (including phenoxy) is 2. The van der Waals surface area contributed by atoms with E-state index in [-0.39, 0.29) is 23.3 Å². The largest absolute Gasteiger partial charge is 0.493 e. The van der Waals surface area contributed by atoms with Gasteiger partial charge in [-0.3, -0.25) is 4.79 Å². The highest BCUT2D eigenvalue weighted by Crippen LogP contribution is 2.28. The molecule has 3 rings (SSSR count). The smallest absolute Gasteiger partial charge is 0.240 e. The molecule has 2 aromatic carbocycles. The van der Waals surface area contributed by atoms with E-state index in [1.54, 1.807) is 61.6 Å². The molecule has 8 heteroatoms. The summed E-state index contributed by atoms with van der Waals surface area (Å²) in [5.74, 6) is 1.23. The molecule has 0 atom stereocenters. The van der Waals surface area contributed by atoms with Gasteiger partial charge in [-0.05, 0) is 42.7 Å². The van der Waals surface area contributed by atoms with E-state index < -0.39 is 10.0 Å². The predicted octanol–water partition coefficient (Wildman–Crippen LogP) is 2.22. The number of hydrogen-bond donors (Lipinski definition) is 1. The van der Waals surface area contributed by atoms with Crippen molar-refractivity contribution in [2.45, 2.75) is 30.2 Å². The van der Waals surface area contributed by atoms with Gasteiger partial charge in [0, 0.05) is 19.1 Å². The molecule has 0 saturated carbocycles. The van der Waals surface area contributed by atoms with Gasteiger partial charge < -0.3 is 14.4 Å². The van der Waals surface area contributed by atoms with Crippen LogP contribution < -0.4 is 14.2 Å². The molecule has 156 valence electrons. The van der Waals surface area contributed by atoms with Gasteiger partial charge >= 0.3 is 0 Å². The zero-order valence-corrected chi connectivity index (χ0v) is 17.4. The van der Waals surface area contributed by atoms with Crippen molar-refractivity contribution in [2.75, 3.05) is 27.3 Å². The van der Waals surface area contributed by atoms with Crippen LogP contribution in [0.3, 0.4) is 0 Å². The molecule has 29 heavy (non-hydrogen) atoms. The Labute approximate surface area is 171 Å². The van der Waals surface area contributed by atoms with E-state index in [9.17, 15) is 13.2 Å². The molecule has 0 unspecified atom stereocenters. The minimum Gasteiger partial charge on any atom is -0.493 e. The second kappa shape index (κ2) is 9.28. The zero-order valence-electron chi connectivity index (χ0n) is 16.6. The summed E-state index contributed by atoms with van der Waals surface area (Å²) in [5.41, 5.74) is 0.847. The van der Waals surface area contributed by atoms with Crippen molar-refractivity contribution >= 4 is 15.9 Å². The fourth-order valence-electron chi connectivity index (χ4n) is 3.41. The van der Waals surface area contributed by atoms with Gasteiger partial charge in [-0.2, -0.15) is 0 Å². The van der Waals surface area contributed by atoms with Crippen LogP contribution in [0.15, 0.2) is 53.4 Å². The monoisotopic (exact) mass is 418 g/mol. The van der Waals surface area contributed by atoms with Crippen LogP contribution >= 0.6 is 0 Å². The molecule has 1 aliphatic heterocycles. The summed E-state index contributed by atoms with van der Waals surface area (Å²) < 4.78 is 38.2. The minimum atomic E-state index is -3.54. The van der Waals surface area contributed by atoms with Gasteiger partial charge in [-0.15, -0.1) is 0 Å². The molecule has 0 aromatic heterocycles. The number of nitrogens with one attached hydrogen (secondary N) is 1. The summed E-state index contributed by atoms with van der Waals surface area (Å²) in [6, 6.07) is 13.6. The molecule has 1 heterocycles. The molecule has 0 bridgehead atoms. The maximum absolute atomic E-state index is 12.7. The molecule has 0 aliphatic carbocycles. The fraction of sp³-hybridized carbons (Fsp3) is 0.381. The summed E-state index contributed by atoms with van der Waals surface area (Å²) in [6.07, 6.45) is 1.44. The number of hydrogen-bond acceptors (Lipinski definition) is 5. The summed E-state index contributed by atoms with van der Waals surface area (Å²) in [7, 11) is -0.411. The number of amides is 1. The van der Waals surface area contributed by atoms with E-state index >= 15 is 0 Å². The maximum Gasteiger partial charge on any atom is 0.240 e. The van der Waals surface area contributed by atoms with Gasteiger partial charge in [0.05, 0.1) is 25.5 Å². The molecule has 1 saturated heterocycles. The second-order valence-electron chi connectivity index (χ2n) is 6.96. The van der Waals surface area contributed by atoms with Gasteiger partial charge in [0.1, 0.15) is 0 Å². The van der Waals surface area contributed by atoms with Crippen molar-refractivity contribution in [2.24, 2.45) is 0 Å². The third-order valence-electron chi connectivity index (χ3n) is 5.03. The Morgan fingerprint density at radius 3 is 2.31 bits per heavy atom. The molecule has 0 radical (unpaired) electrons. The lowest BCUT2D eigenvalue weighted by Gasteiger charge is -2.32. The number of methoxy groups -OCH3 is 2. The highest BCUT2D eigenvalue weighted by Gasteiger charge is 2.26. The normalized spacial score (nSPS) is 15.2. The van der Waals surface area contributed by atoms with E-state index in [0.29, 0.717) is 37.4 Å². The van der Waals surface area contributed by atoms with E-state index in [2.05, 4.69) is 4.72 Å². The van der Waals surface area contributed by atoms with Crippen LogP contribution in [0.5, 0.6) is 11.5 Å². The van der Waals surface area contributed by atoms with Crippen LogP contribution in [0.1, 0.15) is 18.4 Å². The van der Waals surface area contributed by atoms with Gasteiger partial charge in [-0.1, -0.05) is 24.3 Å². The van der Waals surface area contributed by atoms with Crippen LogP contribution in [0.2, 0.25) is 0 Å². The quantitative estimate of drug-likeness (QED) is 0.745. The highest BCUT2D eigenvalue weighted by molar-refractivity contribution is 7.89. The molecule has 1 N–H and O–H groups in total. The van der Waals surface area contributed by atoms with Crippen molar-refractivity contribution in [3.63, 3.8) is 0 Å². The molecule has 1 amide bonds. The van der Waals surface area contributed by atoms with Gasteiger partial charge in [0.25, 0.3) is 0 Å². The summed E-state index contributed by atoms with van der Waals surface area (Å²) >= 11 is 0. The first-order valence-electron chi connectivity index (χ1n) is 9.49. The number of piperidine rings is 1. The van der Waals surface area contributed by atoms with E-state index in [4.69, 9.17) is 9.47 Å². The van der Waals surface area contributed by atoms with Gasteiger partial charge in [-0.25, -0.2) is 13.1 Å². The maximum atomic E-state index is 12.7. The number of benzene rings is 2. The molecule has 0 spiro atoms. The molecular formula is C21H26N2O5S. The lowest BCUT2D eigenvalue weighted by Crippen LogP contribution is -2.46. The standard InChI is InChI=1S/C21H26N2O5S/c1-27-19-9-8-16(14-20(19)28-2)15-21(24)23-12-10-17(11-13-23)22-29(25,26)18-6-4-3-5-7-18/h3-9,14,17,22H,10-13,15H2,1-2H3. The first-order valence-corrected chi connectivity index (χ1v) is 11.0. The van der Waals surface area contributed by atoms with Crippen LogP contribution in [0.4, 0.5) is 0 Å². The molecule has 7 nitrogen and oxygen atoms in total. The van der Waals surface area contributed by atoms with Crippen molar-refractivity contribution in [3.05, 3.63) is 54.1 Å². The SMILES string of the molecule is COc1ccc(CC(=O)N2CCC(NS(=O)(=O)c3ccccc3)CC2)cc1OC. The summed E-state index contributed by atoms with van der Waals surface area (Å²) in [6.45, 7) is 1.04. The number of likely N-dealkylation sites (tertiary alicyclic amines) is 1. The summed E-state index contributed by atoms with van der Waals surface area (Å²) in [4.78, 5) is 14.7. The minimum absolute atomic E-state index is 0.0154. The molecule has 1 aliphatic rings. The van der Waals surface area contributed by atoms with Crippen LogP contribution in [0.25, 0.3) is 0 Å². The predicted molar refractivity (Wildman–Crippen MR) is 110 cm³/mol. The van der Waals surface area contributed by atoms with E-state index in [1.807, 2.05) is 6.07 Å². The van der Waals surface area contributed by atoms with Gasteiger partial charge in [0.2, 0.25) is 15.9 Å². The first-order chi connectivity index (χ1) is 13.9. The Bertz CT molecular complexity index is 939. The van der Waals surface area contributed by atoms with Crippen molar-refractivity contribution < 1.29 is 22.7 Å². The highest BCUT2D eigenvalue weighted by atomic mass is 32.2. The van der Waals surface area contributed by atoms with Crippen LogP contribution in [-0.4, -0.2) is 52.6 Å². The van der Waals surface area contributed by atoms with E-state index in [0.717, 1.165) is 5.56 Å². The topological polar surface area (TPSA) is 84.9 Å². The summed E-state index contributed by atoms with van der Waals surface area (Å²) in [5, 5.41) is 0. The van der Waals surface area contributed by atoms with Crippen molar-refractivity contribution in [3.8, 4) is 11.5 Å². The van der Waals surface area contributed by atoms with E-state index in [1.165, 1.54) is 0 Å². The number of sulfonamides is 1. The molecule has 2 aromatic rings.